The minimum absolute atomic E-state index is 0.00479. The average molecular weight is 292 g/mol. The summed E-state index contributed by atoms with van der Waals surface area (Å²) in [5, 5.41) is 5.43. The minimum atomic E-state index is -0.644. The fraction of sp³-hybridized carbons (Fsp3) is 0.500. The third kappa shape index (κ3) is 5.10. The second-order valence-electron chi connectivity index (χ2n) is 5.04. The van der Waals surface area contributed by atoms with E-state index in [-0.39, 0.29) is 5.92 Å². The number of anilines is 1. The Labute approximate surface area is 126 Å². The van der Waals surface area contributed by atoms with Crippen LogP contribution in [0.25, 0.3) is 0 Å². The fourth-order valence-corrected chi connectivity index (χ4v) is 1.97. The molecule has 0 saturated carbocycles. The predicted molar refractivity (Wildman–Crippen MR) is 83.2 cm³/mol. The molecule has 0 fully saturated rings. The summed E-state index contributed by atoms with van der Waals surface area (Å²) in [5.41, 5.74) is 1.85. The van der Waals surface area contributed by atoms with Crippen LogP contribution in [0.3, 0.4) is 0 Å². The van der Waals surface area contributed by atoms with Crippen LogP contribution in [0.1, 0.15) is 32.8 Å². The van der Waals surface area contributed by atoms with Gasteiger partial charge in [-0.05, 0) is 30.0 Å². The average Bonchev–Trinajstić information content (AvgIpc) is 2.51. The topological polar surface area (TPSA) is 67.4 Å². The number of aryl methyl sites for hydroxylation is 1. The molecule has 0 aliphatic carbocycles. The molecule has 1 aromatic rings. The van der Waals surface area contributed by atoms with E-state index < -0.39 is 18.0 Å². The lowest BCUT2D eigenvalue weighted by molar-refractivity contribution is -0.144. The third-order valence-corrected chi connectivity index (χ3v) is 3.55. The van der Waals surface area contributed by atoms with Crippen molar-refractivity contribution in [3.05, 3.63) is 29.8 Å². The van der Waals surface area contributed by atoms with E-state index in [1.807, 2.05) is 38.1 Å². The number of urea groups is 1. The summed E-state index contributed by atoms with van der Waals surface area (Å²) in [7, 11) is 1.32. The molecule has 1 rings (SSSR count). The van der Waals surface area contributed by atoms with Gasteiger partial charge < -0.3 is 15.4 Å². The van der Waals surface area contributed by atoms with Crippen LogP contribution in [-0.4, -0.2) is 25.2 Å². The molecule has 0 heterocycles. The van der Waals surface area contributed by atoms with Crippen molar-refractivity contribution in [2.24, 2.45) is 5.92 Å². The van der Waals surface area contributed by atoms with Gasteiger partial charge in [0.05, 0.1) is 7.11 Å². The Kier molecular flexibility index (Phi) is 6.72. The number of carbonyl (C=O) groups excluding carboxylic acids is 2. The number of carbonyl (C=O) groups is 2. The molecular weight excluding hydrogens is 268 g/mol. The van der Waals surface area contributed by atoms with Crippen molar-refractivity contribution in [1.29, 1.82) is 0 Å². The van der Waals surface area contributed by atoms with Crippen LogP contribution in [0.15, 0.2) is 24.3 Å². The van der Waals surface area contributed by atoms with Gasteiger partial charge in [-0.1, -0.05) is 39.3 Å². The highest BCUT2D eigenvalue weighted by Crippen LogP contribution is 2.12. The molecule has 2 N–H and O–H groups in total. The van der Waals surface area contributed by atoms with E-state index >= 15 is 0 Å². The number of nitrogens with one attached hydrogen (secondary N) is 2. The van der Waals surface area contributed by atoms with Crippen LogP contribution in [-0.2, 0) is 16.0 Å². The lowest BCUT2D eigenvalue weighted by atomic mass is 9.99. The summed E-state index contributed by atoms with van der Waals surface area (Å²) in [6, 6.07) is 6.57. The van der Waals surface area contributed by atoms with Gasteiger partial charge in [-0.3, -0.25) is 0 Å². The van der Waals surface area contributed by atoms with Crippen LogP contribution < -0.4 is 10.6 Å². The first kappa shape index (κ1) is 17.0. The van der Waals surface area contributed by atoms with Crippen LogP contribution in [0, 0.1) is 5.92 Å². The van der Waals surface area contributed by atoms with Gasteiger partial charge in [0.25, 0.3) is 0 Å². The zero-order valence-electron chi connectivity index (χ0n) is 13.1. The van der Waals surface area contributed by atoms with Crippen molar-refractivity contribution >= 4 is 17.7 Å². The van der Waals surface area contributed by atoms with E-state index in [1.165, 1.54) is 7.11 Å². The van der Waals surface area contributed by atoms with E-state index in [1.54, 1.807) is 0 Å². The maximum Gasteiger partial charge on any atom is 0.328 e. The number of hydrogen-bond acceptors (Lipinski definition) is 3. The first-order valence-electron chi connectivity index (χ1n) is 7.26. The number of amides is 2. The van der Waals surface area contributed by atoms with Crippen molar-refractivity contribution < 1.29 is 14.3 Å². The molecule has 116 valence electrons. The molecule has 0 aromatic heterocycles. The lowest BCUT2D eigenvalue weighted by Crippen LogP contribution is -2.47. The van der Waals surface area contributed by atoms with E-state index in [0.717, 1.165) is 18.4 Å². The normalized spacial score (nSPS) is 13.1. The predicted octanol–water partition coefficient (Wildman–Crippen LogP) is 2.96. The highest BCUT2D eigenvalue weighted by molar-refractivity contribution is 5.92. The second kappa shape index (κ2) is 8.29. The third-order valence-electron chi connectivity index (χ3n) is 3.55. The Morgan fingerprint density at radius 3 is 2.57 bits per heavy atom. The van der Waals surface area contributed by atoms with Crippen LogP contribution in [0.4, 0.5) is 10.5 Å². The summed E-state index contributed by atoms with van der Waals surface area (Å²) in [4.78, 5) is 23.8. The molecule has 0 aliphatic heterocycles. The number of ether oxygens (including phenoxy) is 1. The zero-order valence-corrected chi connectivity index (χ0v) is 13.1. The van der Waals surface area contributed by atoms with Gasteiger partial charge in [0, 0.05) is 5.69 Å². The second-order valence-corrected chi connectivity index (χ2v) is 5.04. The number of benzene rings is 1. The van der Waals surface area contributed by atoms with Crippen molar-refractivity contribution in [2.75, 3.05) is 12.4 Å². The van der Waals surface area contributed by atoms with Crippen molar-refractivity contribution in [2.45, 2.75) is 39.7 Å². The molecule has 5 heteroatoms. The fourth-order valence-electron chi connectivity index (χ4n) is 1.97. The number of methoxy groups -OCH3 is 1. The molecule has 2 amide bonds. The summed E-state index contributed by atoms with van der Waals surface area (Å²) >= 11 is 0. The first-order valence-corrected chi connectivity index (χ1v) is 7.26. The Morgan fingerprint density at radius 2 is 2.00 bits per heavy atom. The number of esters is 1. The maximum atomic E-state index is 12.0. The molecule has 2 unspecified atom stereocenters. The van der Waals surface area contributed by atoms with Crippen LogP contribution in [0.5, 0.6) is 0 Å². The van der Waals surface area contributed by atoms with Crippen molar-refractivity contribution in [3.8, 4) is 0 Å². The van der Waals surface area contributed by atoms with E-state index in [9.17, 15) is 9.59 Å². The summed E-state index contributed by atoms with van der Waals surface area (Å²) < 4.78 is 4.74. The monoisotopic (exact) mass is 292 g/mol. The van der Waals surface area contributed by atoms with E-state index in [0.29, 0.717) is 5.69 Å². The molecule has 0 radical (unpaired) electrons. The van der Waals surface area contributed by atoms with Gasteiger partial charge in [-0.2, -0.15) is 0 Å². The Morgan fingerprint density at radius 1 is 1.29 bits per heavy atom. The summed E-state index contributed by atoms with van der Waals surface area (Å²) in [5.74, 6) is -0.424. The molecular formula is C16H24N2O3. The molecule has 5 nitrogen and oxygen atoms in total. The molecule has 21 heavy (non-hydrogen) atoms. The zero-order chi connectivity index (χ0) is 15.8. The van der Waals surface area contributed by atoms with E-state index in [4.69, 9.17) is 4.74 Å². The SMILES string of the molecule is CCc1cccc(NC(=O)NC(C(=O)OC)C(C)CC)c1. The Hall–Kier alpha value is -2.04. The van der Waals surface area contributed by atoms with Gasteiger partial charge in [0.1, 0.15) is 6.04 Å². The molecule has 1 aromatic carbocycles. The largest absolute Gasteiger partial charge is 0.467 e. The van der Waals surface area contributed by atoms with Crippen molar-refractivity contribution in [1.82, 2.24) is 5.32 Å². The molecule has 0 aliphatic rings. The summed E-state index contributed by atoms with van der Waals surface area (Å²) in [6.45, 7) is 5.92. The van der Waals surface area contributed by atoms with Crippen LogP contribution >= 0.6 is 0 Å². The highest BCUT2D eigenvalue weighted by atomic mass is 16.5. The standard InChI is InChI=1S/C16H24N2O3/c1-5-11(3)14(15(19)21-4)18-16(20)17-13-9-7-8-12(6-2)10-13/h7-11,14H,5-6H2,1-4H3,(H2,17,18,20). The molecule has 0 bridgehead atoms. The quantitative estimate of drug-likeness (QED) is 0.792. The van der Waals surface area contributed by atoms with E-state index in [2.05, 4.69) is 17.6 Å². The van der Waals surface area contributed by atoms with Gasteiger partial charge in [0.2, 0.25) is 0 Å². The summed E-state index contributed by atoms with van der Waals surface area (Å²) in [6.07, 6.45) is 1.67. The first-order chi connectivity index (χ1) is 10.0. The smallest absolute Gasteiger partial charge is 0.328 e. The van der Waals surface area contributed by atoms with Crippen molar-refractivity contribution in [3.63, 3.8) is 0 Å². The van der Waals surface area contributed by atoms with Crippen LogP contribution in [0.2, 0.25) is 0 Å². The molecule has 0 spiro atoms. The lowest BCUT2D eigenvalue weighted by Gasteiger charge is -2.22. The van der Waals surface area contributed by atoms with Gasteiger partial charge >= 0.3 is 12.0 Å². The van der Waals surface area contributed by atoms with Gasteiger partial charge in [-0.25, -0.2) is 9.59 Å². The molecule has 0 saturated heterocycles. The minimum Gasteiger partial charge on any atom is -0.467 e. The van der Waals surface area contributed by atoms with Gasteiger partial charge in [-0.15, -0.1) is 0 Å². The Bertz CT molecular complexity index is 488. The maximum absolute atomic E-state index is 12.0. The highest BCUT2D eigenvalue weighted by Gasteiger charge is 2.26. The Balaban J connectivity index is 2.71. The number of rotatable bonds is 6. The number of hydrogen-bond donors (Lipinski definition) is 2. The van der Waals surface area contributed by atoms with Gasteiger partial charge in [0.15, 0.2) is 0 Å². The molecule has 2 atom stereocenters.